The molecule has 29 heavy (non-hydrogen) atoms. The van der Waals surface area contributed by atoms with E-state index in [4.69, 9.17) is 0 Å². The molecule has 4 rings (SSSR count). The Kier molecular flexibility index (Phi) is 5.81. The van der Waals surface area contributed by atoms with Gasteiger partial charge in [0.15, 0.2) is 11.6 Å². The first kappa shape index (κ1) is 19.8. The van der Waals surface area contributed by atoms with Crippen LogP contribution in [0.2, 0.25) is 0 Å². The van der Waals surface area contributed by atoms with Gasteiger partial charge in [-0.25, -0.2) is 13.2 Å². The molecule has 3 heteroatoms. The number of hydrogen-bond donors (Lipinski definition) is 0. The third-order valence-corrected chi connectivity index (χ3v) is 6.71. The second kappa shape index (κ2) is 8.49. The third-order valence-electron chi connectivity index (χ3n) is 6.71. The maximum atomic E-state index is 14.6. The van der Waals surface area contributed by atoms with Crippen molar-refractivity contribution in [3.8, 4) is 11.8 Å². The lowest BCUT2D eigenvalue weighted by atomic mass is 9.64. The van der Waals surface area contributed by atoms with Crippen molar-refractivity contribution in [2.45, 2.75) is 44.4 Å². The Balaban J connectivity index is 1.46. The average Bonchev–Trinajstić information content (AvgIpc) is 2.74. The molecule has 0 aliphatic heterocycles. The van der Waals surface area contributed by atoms with E-state index < -0.39 is 11.6 Å². The zero-order chi connectivity index (χ0) is 20.4. The molecule has 2 fully saturated rings. The normalized spacial score (nSPS) is 26.2. The molecule has 0 N–H and O–H groups in total. The largest absolute Gasteiger partial charge is 0.206 e. The van der Waals surface area contributed by atoms with Crippen LogP contribution >= 0.6 is 0 Å². The maximum absolute atomic E-state index is 14.6. The predicted molar refractivity (Wildman–Crippen MR) is 110 cm³/mol. The predicted octanol–water partition coefficient (Wildman–Crippen LogP) is 6.99. The van der Waals surface area contributed by atoms with E-state index in [0.29, 0.717) is 17.4 Å². The van der Waals surface area contributed by atoms with Crippen LogP contribution in [0.5, 0.6) is 0 Å². The molecule has 2 saturated carbocycles. The van der Waals surface area contributed by atoms with Crippen molar-refractivity contribution in [3.05, 3.63) is 83.2 Å². The molecular formula is C26H25F3. The lowest BCUT2D eigenvalue weighted by Gasteiger charge is -2.41. The van der Waals surface area contributed by atoms with Crippen LogP contribution in [0.25, 0.3) is 0 Å². The van der Waals surface area contributed by atoms with Gasteiger partial charge in [-0.15, -0.1) is 6.58 Å². The summed E-state index contributed by atoms with van der Waals surface area (Å²) in [6.45, 7) is 3.96. The summed E-state index contributed by atoms with van der Waals surface area (Å²) in [6, 6.07) is 8.72. The zero-order valence-electron chi connectivity index (χ0n) is 16.4. The minimum atomic E-state index is -0.953. The van der Waals surface area contributed by atoms with Crippen LogP contribution in [0.1, 0.15) is 61.1 Å². The summed E-state index contributed by atoms with van der Waals surface area (Å²) >= 11 is 0. The fourth-order valence-corrected chi connectivity index (χ4v) is 5.04. The molecule has 4 atom stereocenters. The standard InChI is InChI=1S/C26H25F3/c1-2-17-3-7-21-15-22(11-10-20(21)13-17)23-9-8-19(25(28)16-23)6-4-18-5-12-24(27)26(29)14-18/h2,5,8-9,12,14,16-17,20-22H,1,3,7,10-11,13,15H2. The van der Waals surface area contributed by atoms with Crippen molar-refractivity contribution in [1.29, 1.82) is 0 Å². The van der Waals surface area contributed by atoms with Crippen LogP contribution in [0, 0.1) is 47.0 Å². The molecule has 0 bridgehead atoms. The van der Waals surface area contributed by atoms with Crippen molar-refractivity contribution >= 4 is 0 Å². The van der Waals surface area contributed by atoms with Crippen LogP contribution in [-0.4, -0.2) is 0 Å². The molecule has 0 heterocycles. The SMILES string of the molecule is C=CC1CCC2CC(c3ccc(C#Cc4ccc(F)c(F)c4)c(F)c3)CCC2C1. The molecule has 0 radical (unpaired) electrons. The van der Waals surface area contributed by atoms with Crippen LogP contribution in [0.15, 0.2) is 49.1 Å². The van der Waals surface area contributed by atoms with Gasteiger partial charge in [0.25, 0.3) is 0 Å². The average molecular weight is 394 g/mol. The van der Waals surface area contributed by atoms with E-state index in [1.54, 1.807) is 12.1 Å². The van der Waals surface area contributed by atoms with Gasteiger partial charge >= 0.3 is 0 Å². The Bertz CT molecular complexity index is 966. The minimum absolute atomic E-state index is 0.277. The summed E-state index contributed by atoms with van der Waals surface area (Å²) in [6.07, 6.45) is 9.28. The van der Waals surface area contributed by atoms with Gasteiger partial charge in [-0.2, -0.15) is 0 Å². The molecule has 0 aromatic heterocycles. The number of hydrogen-bond acceptors (Lipinski definition) is 0. The smallest absolute Gasteiger partial charge is 0.160 e. The quantitative estimate of drug-likeness (QED) is 0.380. The lowest BCUT2D eigenvalue weighted by molar-refractivity contribution is 0.133. The molecule has 2 aromatic carbocycles. The van der Waals surface area contributed by atoms with Gasteiger partial charge in [0, 0.05) is 5.56 Å². The number of allylic oxidation sites excluding steroid dienone is 1. The first-order chi connectivity index (χ1) is 14.0. The molecule has 0 spiro atoms. The van der Waals surface area contributed by atoms with Crippen LogP contribution < -0.4 is 0 Å². The summed E-state index contributed by atoms with van der Waals surface area (Å²) in [5, 5.41) is 0. The highest BCUT2D eigenvalue weighted by Gasteiger charge is 2.35. The van der Waals surface area contributed by atoms with Crippen molar-refractivity contribution in [2.24, 2.45) is 17.8 Å². The molecule has 4 unspecified atom stereocenters. The third kappa shape index (κ3) is 4.42. The molecule has 0 amide bonds. The Morgan fingerprint density at radius 1 is 0.793 bits per heavy atom. The first-order valence-corrected chi connectivity index (χ1v) is 10.4. The van der Waals surface area contributed by atoms with Crippen LogP contribution in [-0.2, 0) is 0 Å². The highest BCUT2D eigenvalue weighted by atomic mass is 19.2. The second-order valence-electron chi connectivity index (χ2n) is 8.46. The van der Waals surface area contributed by atoms with Crippen molar-refractivity contribution < 1.29 is 13.2 Å². The summed E-state index contributed by atoms with van der Waals surface area (Å²) in [4.78, 5) is 0. The summed E-state index contributed by atoms with van der Waals surface area (Å²) in [7, 11) is 0. The Hall–Kier alpha value is -2.47. The molecule has 2 aliphatic rings. The van der Waals surface area contributed by atoms with Gasteiger partial charge in [-0.05, 0) is 98.1 Å². The number of benzene rings is 2. The van der Waals surface area contributed by atoms with Crippen molar-refractivity contribution in [1.82, 2.24) is 0 Å². The van der Waals surface area contributed by atoms with E-state index in [1.807, 2.05) is 6.07 Å². The second-order valence-corrected chi connectivity index (χ2v) is 8.46. The van der Waals surface area contributed by atoms with Gasteiger partial charge < -0.3 is 0 Å². The van der Waals surface area contributed by atoms with Crippen LogP contribution in [0.4, 0.5) is 13.2 Å². The Morgan fingerprint density at radius 3 is 2.34 bits per heavy atom. The van der Waals surface area contributed by atoms with E-state index in [2.05, 4.69) is 24.5 Å². The van der Waals surface area contributed by atoms with Gasteiger partial charge in [0.05, 0.1) is 5.56 Å². The summed E-state index contributed by atoms with van der Waals surface area (Å²) < 4.78 is 40.9. The fourth-order valence-electron chi connectivity index (χ4n) is 5.04. The monoisotopic (exact) mass is 394 g/mol. The molecule has 150 valence electrons. The molecule has 0 saturated heterocycles. The van der Waals surface area contributed by atoms with Crippen molar-refractivity contribution in [3.63, 3.8) is 0 Å². The van der Waals surface area contributed by atoms with E-state index in [9.17, 15) is 13.2 Å². The first-order valence-electron chi connectivity index (χ1n) is 10.4. The topological polar surface area (TPSA) is 0 Å². The van der Waals surface area contributed by atoms with Gasteiger partial charge in [-0.3, -0.25) is 0 Å². The van der Waals surface area contributed by atoms with E-state index in [0.717, 1.165) is 42.4 Å². The zero-order valence-corrected chi connectivity index (χ0v) is 16.4. The highest BCUT2D eigenvalue weighted by molar-refractivity contribution is 5.44. The molecule has 0 nitrogen and oxygen atoms in total. The molecule has 2 aromatic rings. The Labute approximate surface area is 170 Å². The fraction of sp³-hybridized carbons (Fsp3) is 0.385. The van der Waals surface area contributed by atoms with Crippen LogP contribution in [0.3, 0.4) is 0 Å². The summed E-state index contributed by atoms with van der Waals surface area (Å²) in [5.41, 5.74) is 1.64. The van der Waals surface area contributed by atoms with Crippen molar-refractivity contribution in [2.75, 3.05) is 0 Å². The van der Waals surface area contributed by atoms with E-state index in [1.165, 1.54) is 31.7 Å². The Morgan fingerprint density at radius 2 is 1.59 bits per heavy atom. The number of fused-ring (bicyclic) bond motifs is 1. The minimum Gasteiger partial charge on any atom is -0.206 e. The summed E-state index contributed by atoms with van der Waals surface area (Å²) in [5.74, 6) is 5.82. The molecule has 2 aliphatic carbocycles. The number of halogens is 3. The van der Waals surface area contributed by atoms with E-state index >= 15 is 0 Å². The van der Waals surface area contributed by atoms with Gasteiger partial charge in [0.2, 0.25) is 0 Å². The maximum Gasteiger partial charge on any atom is 0.160 e. The number of rotatable bonds is 2. The van der Waals surface area contributed by atoms with Gasteiger partial charge in [-0.1, -0.05) is 24.0 Å². The van der Waals surface area contributed by atoms with Gasteiger partial charge in [0.1, 0.15) is 5.82 Å². The molecular weight excluding hydrogens is 369 g/mol. The highest BCUT2D eigenvalue weighted by Crippen LogP contribution is 2.47. The lowest BCUT2D eigenvalue weighted by Crippen LogP contribution is -2.30. The van der Waals surface area contributed by atoms with E-state index in [-0.39, 0.29) is 11.4 Å².